The standard InChI is InChI=1S/C28H37NO9/c1-26(2,32)7-8-28(33,14-23(30)35-4)25(31)38-24-19-10-17-11-20-21(37-16-36-20)12-18(17)15-29-9-5-6-27(19,29)13-22(24)34-3/h11-13,19,24,32-33H,5-10,14-16H2,1-4H3. The molecule has 208 valence electrons. The van der Waals surface area contributed by atoms with Crippen LogP contribution in [0.5, 0.6) is 11.5 Å². The minimum absolute atomic E-state index is 0.0783. The SMILES string of the molecule is COC(=O)CC(O)(CCC(C)(C)O)C(=O)OC1C(OC)=CC23CCCN2Cc2cc4c(cc2CC13)OCO4. The van der Waals surface area contributed by atoms with Gasteiger partial charge in [-0.15, -0.1) is 0 Å². The molecule has 5 rings (SSSR count). The molecule has 38 heavy (non-hydrogen) atoms. The molecule has 0 bridgehead atoms. The van der Waals surface area contributed by atoms with Gasteiger partial charge >= 0.3 is 11.9 Å². The Hall–Kier alpha value is -2.82. The van der Waals surface area contributed by atoms with E-state index in [9.17, 15) is 19.8 Å². The van der Waals surface area contributed by atoms with Gasteiger partial charge in [0.25, 0.3) is 0 Å². The van der Waals surface area contributed by atoms with Crippen molar-refractivity contribution >= 4 is 11.9 Å². The number of nitrogens with zero attached hydrogens (tertiary/aromatic N) is 1. The van der Waals surface area contributed by atoms with E-state index in [2.05, 4.69) is 11.0 Å². The lowest BCUT2D eigenvalue weighted by Crippen LogP contribution is -2.50. The fourth-order valence-corrected chi connectivity index (χ4v) is 6.34. The first-order valence-corrected chi connectivity index (χ1v) is 13.1. The lowest BCUT2D eigenvalue weighted by atomic mass is 9.80. The van der Waals surface area contributed by atoms with E-state index in [1.807, 2.05) is 12.1 Å². The molecule has 1 aromatic carbocycles. The minimum atomic E-state index is -2.16. The van der Waals surface area contributed by atoms with Crippen LogP contribution < -0.4 is 9.47 Å². The van der Waals surface area contributed by atoms with Gasteiger partial charge in [0.05, 0.1) is 31.8 Å². The zero-order chi connectivity index (χ0) is 27.3. The zero-order valence-electron chi connectivity index (χ0n) is 22.5. The van der Waals surface area contributed by atoms with E-state index >= 15 is 0 Å². The highest BCUT2D eigenvalue weighted by molar-refractivity contribution is 5.86. The summed E-state index contributed by atoms with van der Waals surface area (Å²) in [6, 6.07) is 4.05. The molecule has 1 spiro atoms. The molecule has 3 aliphatic heterocycles. The van der Waals surface area contributed by atoms with Crippen LogP contribution in [0.4, 0.5) is 0 Å². The lowest BCUT2D eigenvalue weighted by molar-refractivity contribution is -0.181. The van der Waals surface area contributed by atoms with Crippen LogP contribution in [0.2, 0.25) is 0 Å². The van der Waals surface area contributed by atoms with Crippen molar-refractivity contribution < 1.29 is 43.5 Å². The number of rotatable bonds is 8. The molecule has 4 unspecified atom stereocenters. The summed E-state index contributed by atoms with van der Waals surface area (Å²) >= 11 is 0. The number of hydrogen-bond donors (Lipinski definition) is 2. The van der Waals surface area contributed by atoms with E-state index in [-0.39, 0.29) is 31.1 Å². The molecular formula is C28H37NO9. The molecule has 0 saturated carbocycles. The number of carbonyl (C=O) groups excluding carboxylic acids is 2. The van der Waals surface area contributed by atoms with Gasteiger partial charge in [-0.05, 0) is 81.8 Å². The Morgan fingerprint density at radius 1 is 1.13 bits per heavy atom. The van der Waals surface area contributed by atoms with Crippen molar-refractivity contribution in [2.24, 2.45) is 5.92 Å². The molecule has 3 heterocycles. The third-order valence-electron chi connectivity index (χ3n) is 8.43. The third-order valence-corrected chi connectivity index (χ3v) is 8.43. The lowest BCUT2D eigenvalue weighted by Gasteiger charge is -2.39. The van der Waals surface area contributed by atoms with Crippen molar-refractivity contribution in [1.82, 2.24) is 4.90 Å². The summed E-state index contributed by atoms with van der Waals surface area (Å²) < 4.78 is 27.8. The molecule has 4 aliphatic rings. The molecular weight excluding hydrogens is 494 g/mol. The predicted molar refractivity (Wildman–Crippen MR) is 134 cm³/mol. The number of methoxy groups -OCH3 is 2. The molecule has 2 N–H and O–H groups in total. The molecule has 10 nitrogen and oxygen atoms in total. The predicted octanol–water partition coefficient (Wildman–Crippen LogP) is 2.22. The molecule has 0 aromatic heterocycles. The van der Waals surface area contributed by atoms with Gasteiger partial charge in [-0.25, -0.2) is 4.79 Å². The highest BCUT2D eigenvalue weighted by Crippen LogP contribution is 2.52. The Morgan fingerprint density at radius 2 is 1.84 bits per heavy atom. The maximum absolute atomic E-state index is 13.6. The summed E-state index contributed by atoms with van der Waals surface area (Å²) in [5.74, 6) is 0.110. The third kappa shape index (κ3) is 4.74. The van der Waals surface area contributed by atoms with E-state index in [0.29, 0.717) is 24.5 Å². The van der Waals surface area contributed by atoms with Gasteiger partial charge in [0, 0.05) is 12.5 Å². The molecule has 1 saturated heterocycles. The van der Waals surface area contributed by atoms with Gasteiger partial charge in [-0.3, -0.25) is 9.69 Å². The van der Waals surface area contributed by atoms with Gasteiger partial charge in [0.1, 0.15) is 5.76 Å². The van der Waals surface area contributed by atoms with Crippen LogP contribution in [0.15, 0.2) is 24.0 Å². The van der Waals surface area contributed by atoms with Crippen molar-refractivity contribution in [2.45, 2.75) is 81.8 Å². The number of ether oxygens (including phenoxy) is 5. The highest BCUT2D eigenvalue weighted by atomic mass is 16.7. The van der Waals surface area contributed by atoms with E-state index in [1.165, 1.54) is 7.11 Å². The fourth-order valence-electron chi connectivity index (χ4n) is 6.34. The summed E-state index contributed by atoms with van der Waals surface area (Å²) in [4.78, 5) is 28.2. The Balaban J connectivity index is 1.47. The average Bonchev–Trinajstić information content (AvgIpc) is 3.54. The molecule has 1 aromatic rings. The number of benzene rings is 1. The second kappa shape index (κ2) is 9.73. The van der Waals surface area contributed by atoms with Gasteiger partial charge in [0.15, 0.2) is 23.2 Å². The summed E-state index contributed by atoms with van der Waals surface area (Å²) in [6.45, 7) is 4.94. The van der Waals surface area contributed by atoms with E-state index < -0.39 is 35.7 Å². The summed E-state index contributed by atoms with van der Waals surface area (Å²) in [6.07, 6.45) is 3.11. The van der Waals surface area contributed by atoms with Crippen LogP contribution in [-0.4, -0.2) is 77.5 Å². The molecule has 1 aliphatic carbocycles. The number of esters is 2. The topological polar surface area (TPSA) is 124 Å². The van der Waals surface area contributed by atoms with Crippen molar-refractivity contribution in [3.63, 3.8) is 0 Å². The van der Waals surface area contributed by atoms with E-state index in [0.717, 1.165) is 36.3 Å². The van der Waals surface area contributed by atoms with Crippen molar-refractivity contribution in [2.75, 3.05) is 27.6 Å². The molecule has 1 fully saturated rings. The van der Waals surface area contributed by atoms with Gasteiger partial charge < -0.3 is 33.9 Å². The van der Waals surface area contributed by atoms with Crippen LogP contribution in [0.25, 0.3) is 0 Å². The maximum Gasteiger partial charge on any atom is 0.339 e. The largest absolute Gasteiger partial charge is 0.497 e. The Kier molecular flexibility index (Phi) is 6.86. The Labute approximate surface area is 222 Å². The van der Waals surface area contributed by atoms with Crippen LogP contribution >= 0.6 is 0 Å². The highest BCUT2D eigenvalue weighted by Gasteiger charge is 2.58. The number of carbonyl (C=O) groups is 2. The Bertz CT molecular complexity index is 1140. The van der Waals surface area contributed by atoms with E-state index in [1.54, 1.807) is 21.0 Å². The van der Waals surface area contributed by atoms with Crippen LogP contribution in [-0.2, 0) is 36.8 Å². The smallest absolute Gasteiger partial charge is 0.339 e. The van der Waals surface area contributed by atoms with Crippen LogP contribution in [0, 0.1) is 5.92 Å². The number of fused-ring (bicyclic) bond motifs is 2. The van der Waals surface area contributed by atoms with Gasteiger partial charge in [-0.1, -0.05) is 0 Å². The zero-order valence-corrected chi connectivity index (χ0v) is 22.5. The second-order valence-corrected chi connectivity index (χ2v) is 11.5. The quantitative estimate of drug-likeness (QED) is 0.483. The maximum atomic E-state index is 13.6. The molecule has 10 heteroatoms. The molecule has 0 amide bonds. The first-order chi connectivity index (χ1) is 18.0. The Morgan fingerprint density at radius 3 is 2.50 bits per heavy atom. The average molecular weight is 532 g/mol. The summed E-state index contributed by atoms with van der Waals surface area (Å²) in [5.41, 5.74) is -1.46. The number of aliphatic hydroxyl groups is 2. The minimum Gasteiger partial charge on any atom is -0.497 e. The normalized spacial score (nSPS) is 27.4. The first kappa shape index (κ1) is 26.8. The summed E-state index contributed by atoms with van der Waals surface area (Å²) in [7, 11) is 2.74. The molecule has 4 atom stereocenters. The second-order valence-electron chi connectivity index (χ2n) is 11.5. The van der Waals surface area contributed by atoms with Gasteiger partial charge in [0.2, 0.25) is 6.79 Å². The monoisotopic (exact) mass is 531 g/mol. The van der Waals surface area contributed by atoms with Crippen molar-refractivity contribution in [3.8, 4) is 11.5 Å². The molecule has 0 radical (unpaired) electrons. The fraction of sp³-hybridized carbons (Fsp3) is 0.643. The van der Waals surface area contributed by atoms with Crippen LogP contribution in [0.1, 0.15) is 57.1 Å². The first-order valence-electron chi connectivity index (χ1n) is 13.1. The van der Waals surface area contributed by atoms with Crippen molar-refractivity contribution in [3.05, 3.63) is 35.1 Å². The van der Waals surface area contributed by atoms with Crippen molar-refractivity contribution in [1.29, 1.82) is 0 Å². The van der Waals surface area contributed by atoms with E-state index in [4.69, 9.17) is 23.7 Å². The number of hydrogen-bond acceptors (Lipinski definition) is 10. The van der Waals surface area contributed by atoms with Gasteiger partial charge in [-0.2, -0.15) is 0 Å². The summed E-state index contributed by atoms with van der Waals surface area (Å²) in [5, 5.41) is 21.6. The van der Waals surface area contributed by atoms with Crippen LogP contribution in [0.3, 0.4) is 0 Å².